The first kappa shape index (κ1) is 23.9. The van der Waals surface area contributed by atoms with Crippen molar-refractivity contribution in [2.24, 2.45) is 0 Å². The molecular formula is C21H8Cl6O4. The van der Waals surface area contributed by atoms with E-state index in [2.05, 4.69) is 0 Å². The van der Waals surface area contributed by atoms with E-state index < -0.39 is 28.1 Å². The summed E-state index contributed by atoms with van der Waals surface area (Å²) in [6.45, 7) is 0. The van der Waals surface area contributed by atoms with Gasteiger partial charge in [0.05, 0.1) is 31.2 Å². The molecule has 0 spiro atoms. The number of carbonyl (C=O) groups is 3. The molecule has 0 amide bonds. The average Bonchev–Trinajstić information content (AvgIpc) is 2.67. The van der Waals surface area contributed by atoms with Crippen LogP contribution in [0.1, 0.15) is 42.2 Å². The first-order chi connectivity index (χ1) is 14.5. The number of carbonyl (C=O) groups excluding carboxylic acids is 2. The van der Waals surface area contributed by atoms with Crippen molar-refractivity contribution in [3.63, 3.8) is 0 Å². The molecular weight excluding hydrogens is 529 g/mol. The number of benzene rings is 3. The summed E-state index contributed by atoms with van der Waals surface area (Å²) in [6, 6.07) is 9.21. The average molecular weight is 537 g/mol. The molecule has 0 saturated heterocycles. The summed E-state index contributed by atoms with van der Waals surface area (Å²) in [4.78, 5) is 38.0. The van der Waals surface area contributed by atoms with Crippen molar-refractivity contribution in [2.75, 3.05) is 0 Å². The molecule has 3 aromatic carbocycles. The third-order valence-corrected chi connectivity index (χ3v) is 6.13. The van der Waals surface area contributed by atoms with Gasteiger partial charge in [-0.25, -0.2) is 4.79 Å². The smallest absolute Gasteiger partial charge is 0.337 e. The van der Waals surface area contributed by atoms with Crippen LogP contribution in [0.3, 0.4) is 0 Å². The molecule has 31 heavy (non-hydrogen) atoms. The van der Waals surface area contributed by atoms with Crippen LogP contribution in [0.4, 0.5) is 0 Å². The maximum absolute atomic E-state index is 13.2. The van der Waals surface area contributed by atoms with Crippen LogP contribution in [0.15, 0.2) is 42.5 Å². The molecule has 3 rings (SSSR count). The second-order valence-electron chi connectivity index (χ2n) is 6.19. The normalized spacial score (nSPS) is 10.8. The van der Waals surface area contributed by atoms with Gasteiger partial charge in [0.1, 0.15) is 0 Å². The Bertz CT molecular complexity index is 1270. The fourth-order valence-corrected chi connectivity index (χ4v) is 4.46. The predicted molar refractivity (Wildman–Crippen MR) is 123 cm³/mol. The van der Waals surface area contributed by atoms with E-state index in [1.54, 1.807) is 0 Å². The molecule has 0 atom stereocenters. The minimum Gasteiger partial charge on any atom is -0.478 e. The Hall–Kier alpha value is -1.79. The highest BCUT2D eigenvalue weighted by Gasteiger charge is 2.29. The molecule has 158 valence electrons. The summed E-state index contributed by atoms with van der Waals surface area (Å²) in [6.07, 6.45) is 0. The lowest BCUT2D eigenvalue weighted by molar-refractivity contribution is 0.0697. The van der Waals surface area contributed by atoms with Crippen LogP contribution in [-0.2, 0) is 0 Å². The number of hydrogen-bond acceptors (Lipinski definition) is 3. The number of carboxylic acids is 1. The molecule has 0 aliphatic heterocycles. The van der Waals surface area contributed by atoms with Crippen molar-refractivity contribution >= 4 is 87.1 Å². The fourth-order valence-electron chi connectivity index (χ4n) is 2.78. The van der Waals surface area contributed by atoms with Crippen LogP contribution in [0.25, 0.3) is 0 Å². The zero-order valence-electron chi connectivity index (χ0n) is 15.0. The van der Waals surface area contributed by atoms with Crippen LogP contribution >= 0.6 is 69.6 Å². The molecule has 1 N–H and O–H groups in total. The second-order valence-corrected chi connectivity index (χ2v) is 8.63. The summed E-state index contributed by atoms with van der Waals surface area (Å²) in [7, 11) is 0. The number of rotatable bonds is 5. The summed E-state index contributed by atoms with van der Waals surface area (Å²) >= 11 is 36.5. The van der Waals surface area contributed by atoms with Crippen molar-refractivity contribution in [1.29, 1.82) is 0 Å². The Morgan fingerprint density at radius 3 is 1.48 bits per heavy atom. The summed E-state index contributed by atoms with van der Waals surface area (Å²) in [5, 5.41) is 9.37. The van der Waals surface area contributed by atoms with E-state index in [0.717, 1.165) is 6.07 Å². The molecule has 10 heteroatoms. The van der Waals surface area contributed by atoms with Gasteiger partial charge in [0.25, 0.3) is 0 Å². The minimum absolute atomic E-state index is 0.000941. The largest absolute Gasteiger partial charge is 0.478 e. The monoisotopic (exact) mass is 534 g/mol. The molecule has 0 unspecified atom stereocenters. The Morgan fingerprint density at radius 1 is 0.581 bits per heavy atom. The van der Waals surface area contributed by atoms with Crippen LogP contribution in [0, 0.1) is 0 Å². The van der Waals surface area contributed by atoms with Crippen LogP contribution < -0.4 is 0 Å². The molecule has 0 bridgehead atoms. The first-order valence-electron chi connectivity index (χ1n) is 8.27. The molecule has 3 aromatic rings. The van der Waals surface area contributed by atoms with Gasteiger partial charge in [0.2, 0.25) is 0 Å². The van der Waals surface area contributed by atoms with Crippen LogP contribution in [0.2, 0.25) is 30.1 Å². The Morgan fingerprint density at radius 2 is 1.03 bits per heavy atom. The Labute approximate surface area is 206 Å². The van der Waals surface area contributed by atoms with Crippen LogP contribution in [0.5, 0.6) is 0 Å². The lowest BCUT2D eigenvalue weighted by Gasteiger charge is -2.14. The Kier molecular flexibility index (Phi) is 7.21. The predicted octanol–water partition coefficient (Wildman–Crippen LogP) is 7.77. The zero-order chi connectivity index (χ0) is 23.0. The second kappa shape index (κ2) is 9.37. The van der Waals surface area contributed by atoms with Crippen molar-refractivity contribution in [3.05, 3.63) is 100 Å². The third kappa shape index (κ3) is 4.70. The van der Waals surface area contributed by atoms with Gasteiger partial charge >= 0.3 is 5.97 Å². The number of hydrogen-bond donors (Lipinski definition) is 1. The maximum atomic E-state index is 13.2. The van der Waals surface area contributed by atoms with E-state index in [1.165, 1.54) is 36.4 Å². The number of halogens is 6. The Balaban J connectivity index is 2.27. The molecule has 0 heterocycles. The lowest BCUT2D eigenvalue weighted by atomic mass is 9.94. The van der Waals surface area contributed by atoms with Gasteiger partial charge in [0, 0.05) is 26.7 Å². The van der Waals surface area contributed by atoms with Crippen molar-refractivity contribution in [2.45, 2.75) is 0 Å². The van der Waals surface area contributed by atoms with Crippen molar-refractivity contribution in [1.82, 2.24) is 0 Å². The third-order valence-electron chi connectivity index (χ3n) is 4.25. The minimum atomic E-state index is -1.46. The molecule has 0 aliphatic carbocycles. The molecule has 4 nitrogen and oxygen atoms in total. The van der Waals surface area contributed by atoms with Crippen molar-refractivity contribution in [3.8, 4) is 0 Å². The highest BCUT2D eigenvalue weighted by Crippen LogP contribution is 2.37. The molecule has 0 radical (unpaired) electrons. The number of aromatic carboxylic acids is 1. The number of carboxylic acid groups (broad SMARTS) is 1. The fraction of sp³-hybridized carbons (Fsp3) is 0. The van der Waals surface area contributed by atoms with E-state index in [-0.39, 0.29) is 42.3 Å². The maximum Gasteiger partial charge on any atom is 0.337 e. The van der Waals surface area contributed by atoms with Gasteiger partial charge in [-0.1, -0.05) is 69.6 Å². The highest BCUT2D eigenvalue weighted by atomic mass is 35.5. The zero-order valence-corrected chi connectivity index (χ0v) is 19.5. The summed E-state index contributed by atoms with van der Waals surface area (Å²) in [5.74, 6) is -2.97. The summed E-state index contributed by atoms with van der Waals surface area (Å²) in [5.41, 5.74) is -1.18. The standard InChI is InChI=1S/C21H8Cl6O4/c22-8-1-3-10(14(24)5-8)19(28)12-7-13(21(30)31)18(27)16(17(12)26)20(29)11-4-2-9(23)6-15(11)25/h1-7H,(H,30,31). The van der Waals surface area contributed by atoms with Crippen LogP contribution in [-0.4, -0.2) is 22.6 Å². The van der Waals surface area contributed by atoms with E-state index in [9.17, 15) is 19.5 Å². The number of ketones is 2. The van der Waals surface area contributed by atoms with E-state index in [4.69, 9.17) is 69.6 Å². The van der Waals surface area contributed by atoms with E-state index >= 15 is 0 Å². The van der Waals surface area contributed by atoms with Gasteiger partial charge in [-0.15, -0.1) is 0 Å². The van der Waals surface area contributed by atoms with Gasteiger partial charge in [0.15, 0.2) is 11.6 Å². The van der Waals surface area contributed by atoms with Gasteiger partial charge in [-0.2, -0.15) is 0 Å². The molecule has 0 aliphatic rings. The van der Waals surface area contributed by atoms with Gasteiger partial charge in [-0.05, 0) is 42.5 Å². The van der Waals surface area contributed by atoms with Gasteiger partial charge < -0.3 is 5.11 Å². The van der Waals surface area contributed by atoms with Crippen molar-refractivity contribution < 1.29 is 19.5 Å². The summed E-state index contributed by atoms with van der Waals surface area (Å²) < 4.78 is 0. The van der Waals surface area contributed by atoms with E-state index in [0.29, 0.717) is 5.02 Å². The lowest BCUT2D eigenvalue weighted by Crippen LogP contribution is -2.13. The van der Waals surface area contributed by atoms with Gasteiger partial charge in [-0.3, -0.25) is 9.59 Å². The molecule has 0 aromatic heterocycles. The quantitative estimate of drug-likeness (QED) is 0.338. The SMILES string of the molecule is O=C(O)c1cc(C(=O)c2ccc(Cl)cc2Cl)c(Cl)c(C(=O)c2ccc(Cl)cc2Cl)c1Cl. The molecule has 0 fully saturated rings. The molecule has 0 saturated carbocycles. The van der Waals surface area contributed by atoms with E-state index in [1.807, 2.05) is 0 Å². The highest BCUT2D eigenvalue weighted by molar-refractivity contribution is 6.46. The first-order valence-corrected chi connectivity index (χ1v) is 10.5. The topological polar surface area (TPSA) is 71.4 Å².